The highest BCUT2D eigenvalue weighted by atomic mass is 19.4. The molecule has 0 spiro atoms. The lowest BCUT2D eigenvalue weighted by molar-refractivity contribution is -0.137. The number of nitrogens with zero attached hydrogens (tertiary/aromatic N) is 2. The summed E-state index contributed by atoms with van der Waals surface area (Å²) in [6.07, 6.45) is -1.03. The molecule has 2 amide bonds. The minimum Gasteiger partial charge on any atom is -0.378 e. The fraction of sp³-hybridized carbons (Fsp3) is 0.579. The number of rotatable bonds is 4. The van der Waals surface area contributed by atoms with Crippen molar-refractivity contribution < 1.29 is 27.5 Å². The summed E-state index contributed by atoms with van der Waals surface area (Å²) in [7, 11) is 0. The van der Waals surface area contributed by atoms with E-state index in [4.69, 9.17) is 4.74 Å². The van der Waals surface area contributed by atoms with Crippen LogP contribution >= 0.6 is 0 Å². The van der Waals surface area contributed by atoms with E-state index in [-0.39, 0.29) is 23.5 Å². The van der Waals surface area contributed by atoms with Gasteiger partial charge in [-0.1, -0.05) is 0 Å². The summed E-state index contributed by atoms with van der Waals surface area (Å²) in [6.45, 7) is 2.41. The van der Waals surface area contributed by atoms with Crippen LogP contribution in [0.2, 0.25) is 0 Å². The normalized spacial score (nSPS) is 20.8. The smallest absolute Gasteiger partial charge is 0.378 e. The minimum absolute atomic E-state index is 0.0622. The van der Waals surface area contributed by atoms with Gasteiger partial charge >= 0.3 is 6.18 Å². The van der Waals surface area contributed by atoms with Gasteiger partial charge in [0.2, 0.25) is 5.91 Å². The molecule has 0 radical (unpaired) electrons. The number of amides is 2. The van der Waals surface area contributed by atoms with Gasteiger partial charge in [-0.2, -0.15) is 13.2 Å². The van der Waals surface area contributed by atoms with Gasteiger partial charge in [-0.15, -0.1) is 0 Å². The van der Waals surface area contributed by atoms with Gasteiger partial charge in [0.15, 0.2) is 0 Å². The zero-order chi connectivity index (χ0) is 19.4. The Balaban J connectivity index is 1.48. The van der Waals surface area contributed by atoms with E-state index < -0.39 is 11.7 Å². The van der Waals surface area contributed by atoms with E-state index in [0.717, 1.165) is 38.0 Å². The first-order chi connectivity index (χ1) is 12.8. The molecular weight excluding hydrogens is 361 g/mol. The van der Waals surface area contributed by atoms with Crippen LogP contribution in [-0.4, -0.2) is 60.5 Å². The van der Waals surface area contributed by atoms with Crippen molar-refractivity contribution >= 4 is 11.8 Å². The van der Waals surface area contributed by atoms with Crippen molar-refractivity contribution in [1.82, 2.24) is 9.80 Å². The predicted octanol–water partition coefficient (Wildman–Crippen LogP) is 2.95. The van der Waals surface area contributed by atoms with Crippen LogP contribution in [0.5, 0.6) is 0 Å². The third-order valence-corrected chi connectivity index (χ3v) is 5.08. The number of hydrogen-bond donors (Lipinski definition) is 0. The summed E-state index contributed by atoms with van der Waals surface area (Å²) in [4.78, 5) is 28.1. The van der Waals surface area contributed by atoms with E-state index in [2.05, 4.69) is 0 Å². The van der Waals surface area contributed by atoms with Crippen molar-refractivity contribution in [2.45, 2.75) is 38.0 Å². The van der Waals surface area contributed by atoms with Gasteiger partial charge in [0.25, 0.3) is 5.91 Å². The molecule has 1 aromatic rings. The Labute approximate surface area is 156 Å². The van der Waals surface area contributed by atoms with Crippen molar-refractivity contribution in [3.63, 3.8) is 0 Å². The van der Waals surface area contributed by atoms with Gasteiger partial charge in [0.1, 0.15) is 0 Å². The standard InChI is InChI=1S/C19H23F3N2O3/c20-19(21,22)15-5-3-14(4-6-15)18(26)24-11-9-23(10-12-24)17(25)8-7-16-2-1-13-27-16/h3-6,16H,1-2,7-13H2. The van der Waals surface area contributed by atoms with Gasteiger partial charge in [-0.05, 0) is 43.5 Å². The van der Waals surface area contributed by atoms with Gasteiger partial charge in [-0.3, -0.25) is 9.59 Å². The summed E-state index contributed by atoms with van der Waals surface area (Å²) < 4.78 is 43.4. The number of alkyl halides is 3. The highest BCUT2D eigenvalue weighted by Crippen LogP contribution is 2.29. The zero-order valence-corrected chi connectivity index (χ0v) is 15.0. The molecule has 148 valence electrons. The van der Waals surface area contributed by atoms with E-state index >= 15 is 0 Å². The lowest BCUT2D eigenvalue weighted by Crippen LogP contribution is -2.50. The fourth-order valence-corrected chi connectivity index (χ4v) is 3.46. The van der Waals surface area contributed by atoms with Crippen LogP contribution in [0.3, 0.4) is 0 Å². The molecular formula is C19H23F3N2O3. The number of hydrogen-bond acceptors (Lipinski definition) is 3. The number of piperazine rings is 1. The Morgan fingerprint density at radius 3 is 2.22 bits per heavy atom. The van der Waals surface area contributed by atoms with Gasteiger partial charge < -0.3 is 14.5 Å². The lowest BCUT2D eigenvalue weighted by Gasteiger charge is -2.35. The van der Waals surface area contributed by atoms with Crippen LogP contribution in [0.4, 0.5) is 13.2 Å². The Kier molecular flexibility index (Phi) is 6.04. The number of carbonyl (C=O) groups excluding carboxylic acids is 2. The topological polar surface area (TPSA) is 49.9 Å². The molecule has 0 N–H and O–H groups in total. The van der Waals surface area contributed by atoms with Crippen LogP contribution < -0.4 is 0 Å². The second-order valence-corrected chi connectivity index (χ2v) is 6.92. The zero-order valence-electron chi connectivity index (χ0n) is 15.0. The highest BCUT2D eigenvalue weighted by molar-refractivity contribution is 5.94. The second-order valence-electron chi connectivity index (χ2n) is 6.92. The molecule has 0 saturated carbocycles. The first-order valence-electron chi connectivity index (χ1n) is 9.20. The molecule has 0 aromatic heterocycles. The average molecular weight is 384 g/mol. The van der Waals surface area contributed by atoms with Gasteiger partial charge in [0, 0.05) is 44.8 Å². The molecule has 0 bridgehead atoms. The molecule has 8 heteroatoms. The molecule has 2 aliphatic heterocycles. The van der Waals surface area contributed by atoms with Crippen LogP contribution in [-0.2, 0) is 15.7 Å². The molecule has 0 aliphatic carbocycles. The van der Waals surface area contributed by atoms with Crippen LogP contribution in [0.25, 0.3) is 0 Å². The summed E-state index contributed by atoms with van der Waals surface area (Å²) in [5, 5.41) is 0. The van der Waals surface area contributed by atoms with E-state index in [1.807, 2.05) is 0 Å². The predicted molar refractivity (Wildman–Crippen MR) is 92.1 cm³/mol. The van der Waals surface area contributed by atoms with Crippen LogP contribution in [0.15, 0.2) is 24.3 Å². The van der Waals surface area contributed by atoms with Crippen molar-refractivity contribution in [3.05, 3.63) is 35.4 Å². The number of carbonyl (C=O) groups is 2. The second kappa shape index (κ2) is 8.29. The molecule has 3 rings (SSSR count). The van der Waals surface area contributed by atoms with E-state index in [9.17, 15) is 22.8 Å². The van der Waals surface area contributed by atoms with E-state index in [0.29, 0.717) is 32.6 Å². The number of benzene rings is 1. The van der Waals surface area contributed by atoms with Crippen molar-refractivity contribution in [1.29, 1.82) is 0 Å². The fourth-order valence-electron chi connectivity index (χ4n) is 3.46. The van der Waals surface area contributed by atoms with E-state index in [1.54, 1.807) is 9.80 Å². The third-order valence-electron chi connectivity index (χ3n) is 5.08. The highest BCUT2D eigenvalue weighted by Gasteiger charge is 2.31. The van der Waals surface area contributed by atoms with Crippen LogP contribution in [0.1, 0.15) is 41.6 Å². The molecule has 2 saturated heterocycles. The molecule has 2 aliphatic rings. The Morgan fingerprint density at radius 1 is 1.04 bits per heavy atom. The quantitative estimate of drug-likeness (QED) is 0.802. The number of ether oxygens (including phenoxy) is 1. The summed E-state index contributed by atoms with van der Waals surface area (Å²) in [5.41, 5.74) is -0.554. The first kappa shape index (κ1) is 19.7. The Hall–Kier alpha value is -2.09. The van der Waals surface area contributed by atoms with Crippen LogP contribution in [0, 0.1) is 0 Å². The van der Waals surface area contributed by atoms with Crippen molar-refractivity contribution in [3.8, 4) is 0 Å². The molecule has 1 unspecified atom stereocenters. The Morgan fingerprint density at radius 2 is 1.67 bits per heavy atom. The minimum atomic E-state index is -4.42. The van der Waals surface area contributed by atoms with Crippen molar-refractivity contribution in [2.24, 2.45) is 0 Å². The largest absolute Gasteiger partial charge is 0.416 e. The summed E-state index contributed by atoms with van der Waals surface area (Å²) in [6, 6.07) is 4.23. The molecule has 2 fully saturated rings. The summed E-state index contributed by atoms with van der Waals surface area (Å²) in [5.74, 6) is -0.248. The SMILES string of the molecule is O=C(CCC1CCCO1)N1CCN(C(=O)c2ccc(C(F)(F)F)cc2)CC1. The maximum atomic E-state index is 12.6. The molecule has 5 nitrogen and oxygen atoms in total. The van der Waals surface area contributed by atoms with Gasteiger partial charge in [0.05, 0.1) is 11.7 Å². The molecule has 1 atom stereocenters. The lowest BCUT2D eigenvalue weighted by atomic mass is 10.1. The third kappa shape index (κ3) is 5.00. The molecule has 2 heterocycles. The van der Waals surface area contributed by atoms with E-state index in [1.165, 1.54) is 12.1 Å². The Bertz CT molecular complexity index is 662. The van der Waals surface area contributed by atoms with Gasteiger partial charge in [-0.25, -0.2) is 0 Å². The monoisotopic (exact) mass is 384 g/mol. The molecule has 27 heavy (non-hydrogen) atoms. The maximum absolute atomic E-state index is 12.6. The first-order valence-corrected chi connectivity index (χ1v) is 9.20. The average Bonchev–Trinajstić information content (AvgIpc) is 3.19. The summed E-state index contributed by atoms with van der Waals surface area (Å²) >= 11 is 0. The van der Waals surface area contributed by atoms with Crippen molar-refractivity contribution in [2.75, 3.05) is 32.8 Å². The number of halogens is 3. The maximum Gasteiger partial charge on any atom is 0.416 e. The molecule has 1 aromatic carbocycles.